The fourth-order valence-corrected chi connectivity index (χ4v) is 2.43. The number of aryl methyl sites for hydroxylation is 1. The van der Waals surface area contributed by atoms with Crippen LogP contribution >= 0.6 is 0 Å². The van der Waals surface area contributed by atoms with Gasteiger partial charge in [0.1, 0.15) is 5.75 Å². The Hall–Kier alpha value is -3.30. The zero-order valence-electron chi connectivity index (χ0n) is 14.8. The normalized spacial score (nSPS) is 11.4. The molecule has 0 aliphatic carbocycles. The first-order valence-electron chi connectivity index (χ1n) is 8.25. The molecule has 2 heterocycles. The van der Waals surface area contributed by atoms with Crippen LogP contribution in [-0.2, 0) is 17.8 Å². The molecule has 0 saturated carbocycles. The Morgan fingerprint density at radius 3 is 2.61 bits per heavy atom. The summed E-state index contributed by atoms with van der Waals surface area (Å²) < 4.78 is 50.6. The van der Waals surface area contributed by atoms with Gasteiger partial charge in [-0.25, -0.2) is 0 Å². The second-order valence-corrected chi connectivity index (χ2v) is 5.93. The summed E-state index contributed by atoms with van der Waals surface area (Å²) >= 11 is 0. The van der Waals surface area contributed by atoms with Crippen molar-refractivity contribution in [3.8, 4) is 17.3 Å². The van der Waals surface area contributed by atoms with E-state index in [0.717, 1.165) is 0 Å². The highest BCUT2D eigenvalue weighted by molar-refractivity contribution is 5.76. The van der Waals surface area contributed by atoms with Gasteiger partial charge in [-0.1, -0.05) is 17.3 Å². The van der Waals surface area contributed by atoms with Crippen LogP contribution in [0.5, 0.6) is 5.75 Å². The summed E-state index contributed by atoms with van der Waals surface area (Å²) in [4.78, 5) is 17.9. The maximum atomic E-state index is 12.3. The van der Waals surface area contributed by atoms with Crippen LogP contribution in [0.3, 0.4) is 0 Å². The minimum absolute atomic E-state index is 0.144. The molecule has 0 bridgehead atoms. The highest BCUT2D eigenvalue weighted by Gasteiger charge is 2.31. The predicted molar refractivity (Wildman–Crippen MR) is 89.9 cm³/mol. The molecule has 0 aliphatic rings. The Kier molecular flexibility index (Phi) is 5.67. The largest absolute Gasteiger partial charge is 0.573 e. The van der Waals surface area contributed by atoms with Gasteiger partial charge in [-0.05, 0) is 29.8 Å². The van der Waals surface area contributed by atoms with Crippen molar-refractivity contribution in [2.24, 2.45) is 0 Å². The minimum Gasteiger partial charge on any atom is -0.461 e. The number of rotatable bonds is 7. The molecule has 28 heavy (non-hydrogen) atoms. The number of furan rings is 1. The van der Waals surface area contributed by atoms with E-state index in [-0.39, 0.29) is 31.0 Å². The van der Waals surface area contributed by atoms with Crippen LogP contribution in [-0.4, -0.2) is 34.4 Å². The van der Waals surface area contributed by atoms with Gasteiger partial charge < -0.3 is 18.6 Å². The number of amides is 1. The van der Waals surface area contributed by atoms with Gasteiger partial charge in [0.15, 0.2) is 5.76 Å². The average Bonchev–Trinajstić information content (AvgIpc) is 3.31. The molecule has 10 heteroatoms. The Bertz CT molecular complexity index is 905. The smallest absolute Gasteiger partial charge is 0.461 e. The molecule has 0 atom stereocenters. The number of nitrogens with zero attached hydrogens (tertiary/aromatic N) is 3. The van der Waals surface area contributed by atoms with Crippen LogP contribution < -0.4 is 4.74 Å². The Balaban J connectivity index is 1.49. The number of ether oxygens (including phenoxy) is 1. The van der Waals surface area contributed by atoms with E-state index in [4.69, 9.17) is 8.94 Å². The third kappa shape index (κ3) is 5.35. The van der Waals surface area contributed by atoms with Gasteiger partial charge in [-0.3, -0.25) is 4.79 Å². The number of hydrogen-bond donors (Lipinski definition) is 0. The summed E-state index contributed by atoms with van der Waals surface area (Å²) in [5, 5.41) is 3.79. The summed E-state index contributed by atoms with van der Waals surface area (Å²) in [5.74, 6) is 0.600. The SMILES string of the molecule is CN(Cc1ccc(OC(F)(F)F)cc1)C(=O)CCc1nc(-c2ccco2)no1. The molecular weight excluding hydrogens is 379 g/mol. The molecule has 0 aliphatic heterocycles. The lowest BCUT2D eigenvalue weighted by atomic mass is 10.2. The third-order valence-corrected chi connectivity index (χ3v) is 3.76. The number of halogens is 3. The van der Waals surface area contributed by atoms with E-state index in [1.807, 2.05) is 0 Å². The number of carbonyl (C=O) groups excluding carboxylic acids is 1. The molecule has 0 saturated heterocycles. The molecule has 2 aromatic heterocycles. The zero-order valence-corrected chi connectivity index (χ0v) is 14.8. The molecule has 1 amide bonds. The van der Waals surface area contributed by atoms with E-state index in [9.17, 15) is 18.0 Å². The maximum Gasteiger partial charge on any atom is 0.573 e. The number of aromatic nitrogens is 2. The third-order valence-electron chi connectivity index (χ3n) is 3.76. The molecule has 1 aromatic carbocycles. The van der Waals surface area contributed by atoms with Gasteiger partial charge in [0, 0.05) is 26.4 Å². The van der Waals surface area contributed by atoms with Crippen molar-refractivity contribution in [2.75, 3.05) is 7.05 Å². The zero-order chi connectivity index (χ0) is 20.1. The molecule has 0 spiro atoms. The predicted octanol–water partition coefficient (Wildman–Crippen LogP) is 3.82. The van der Waals surface area contributed by atoms with Crippen molar-refractivity contribution in [2.45, 2.75) is 25.7 Å². The van der Waals surface area contributed by atoms with Crippen molar-refractivity contribution in [1.29, 1.82) is 0 Å². The molecule has 148 valence electrons. The van der Waals surface area contributed by atoms with Crippen LogP contribution in [0.25, 0.3) is 11.6 Å². The second-order valence-electron chi connectivity index (χ2n) is 5.93. The molecule has 0 N–H and O–H groups in total. The summed E-state index contributed by atoms with van der Waals surface area (Å²) in [6.07, 6.45) is -2.84. The van der Waals surface area contributed by atoms with Crippen molar-refractivity contribution in [1.82, 2.24) is 15.0 Å². The second kappa shape index (κ2) is 8.15. The molecule has 3 rings (SSSR count). The summed E-state index contributed by atoms with van der Waals surface area (Å²) in [6.45, 7) is 0.243. The Morgan fingerprint density at radius 2 is 1.96 bits per heavy atom. The van der Waals surface area contributed by atoms with E-state index in [1.54, 1.807) is 19.2 Å². The number of alkyl halides is 3. The van der Waals surface area contributed by atoms with E-state index in [2.05, 4.69) is 14.9 Å². The van der Waals surface area contributed by atoms with Gasteiger partial charge in [-0.2, -0.15) is 4.98 Å². The number of hydrogen-bond acceptors (Lipinski definition) is 6. The molecule has 0 unspecified atom stereocenters. The fourth-order valence-electron chi connectivity index (χ4n) is 2.43. The molecule has 0 radical (unpaired) electrons. The monoisotopic (exact) mass is 395 g/mol. The highest BCUT2D eigenvalue weighted by Crippen LogP contribution is 2.23. The van der Waals surface area contributed by atoms with E-state index >= 15 is 0 Å². The summed E-state index contributed by atoms with van der Waals surface area (Å²) in [6, 6.07) is 8.74. The van der Waals surface area contributed by atoms with Crippen molar-refractivity contribution >= 4 is 5.91 Å². The summed E-state index contributed by atoms with van der Waals surface area (Å²) in [7, 11) is 1.60. The molecule has 7 nitrogen and oxygen atoms in total. The first-order valence-corrected chi connectivity index (χ1v) is 8.25. The van der Waals surface area contributed by atoms with Crippen LogP contribution in [0.4, 0.5) is 13.2 Å². The van der Waals surface area contributed by atoms with Gasteiger partial charge >= 0.3 is 6.36 Å². The van der Waals surface area contributed by atoms with E-state index in [1.165, 1.54) is 35.4 Å². The minimum atomic E-state index is -4.74. The topological polar surface area (TPSA) is 81.6 Å². The lowest BCUT2D eigenvalue weighted by Crippen LogP contribution is -2.26. The van der Waals surface area contributed by atoms with Gasteiger partial charge in [-0.15, -0.1) is 13.2 Å². The van der Waals surface area contributed by atoms with Crippen LogP contribution in [0, 0.1) is 0 Å². The van der Waals surface area contributed by atoms with Gasteiger partial charge in [0.2, 0.25) is 17.6 Å². The van der Waals surface area contributed by atoms with Crippen molar-refractivity contribution < 1.29 is 31.6 Å². The van der Waals surface area contributed by atoms with Crippen molar-refractivity contribution in [3.63, 3.8) is 0 Å². The first kappa shape index (κ1) is 19.5. The lowest BCUT2D eigenvalue weighted by molar-refractivity contribution is -0.274. The van der Waals surface area contributed by atoms with Gasteiger partial charge in [0.25, 0.3) is 0 Å². The fraction of sp³-hybridized carbons (Fsp3) is 0.278. The summed E-state index contributed by atoms with van der Waals surface area (Å²) in [5.41, 5.74) is 0.670. The Labute approximate surface area is 157 Å². The maximum absolute atomic E-state index is 12.3. The standard InChI is InChI=1S/C18H16F3N3O4/c1-24(11-12-4-6-13(7-5-12)27-18(19,20)21)16(25)9-8-15-22-17(23-28-15)14-3-2-10-26-14/h2-7,10H,8-9,11H2,1H3. The van der Waals surface area contributed by atoms with Crippen LogP contribution in [0.15, 0.2) is 51.6 Å². The van der Waals surface area contributed by atoms with Gasteiger partial charge in [0.05, 0.1) is 6.26 Å². The highest BCUT2D eigenvalue weighted by atomic mass is 19.4. The van der Waals surface area contributed by atoms with Crippen LogP contribution in [0.1, 0.15) is 17.9 Å². The molecule has 0 fully saturated rings. The van der Waals surface area contributed by atoms with Crippen molar-refractivity contribution in [3.05, 3.63) is 54.1 Å². The molecular formula is C18H16F3N3O4. The molecule has 3 aromatic rings. The number of carbonyl (C=O) groups is 1. The van der Waals surface area contributed by atoms with Crippen LogP contribution in [0.2, 0.25) is 0 Å². The first-order chi connectivity index (χ1) is 13.3. The lowest BCUT2D eigenvalue weighted by Gasteiger charge is -2.17. The Morgan fingerprint density at radius 1 is 1.21 bits per heavy atom. The average molecular weight is 395 g/mol. The number of benzene rings is 1. The van der Waals surface area contributed by atoms with E-state index in [0.29, 0.717) is 23.0 Å². The quantitative estimate of drug-likeness (QED) is 0.605. The van der Waals surface area contributed by atoms with E-state index < -0.39 is 6.36 Å².